The van der Waals surface area contributed by atoms with Crippen LogP contribution in [0.1, 0.15) is 87.7 Å². The Morgan fingerprint density at radius 3 is 0.917 bits per heavy atom. The van der Waals surface area contributed by atoms with E-state index in [1.165, 1.54) is 98.9 Å². The molecule has 0 bridgehead atoms. The quantitative estimate of drug-likeness (QED) is 0.106. The molecule has 0 spiro atoms. The average molecular weight is 929 g/mol. The van der Waals surface area contributed by atoms with Gasteiger partial charge in [0.15, 0.2) is 0 Å². The molecule has 2 nitrogen and oxygen atoms in total. The number of anilines is 6. The normalized spacial score (nSPS) is 13.0. The minimum absolute atomic E-state index is 1.10. The summed E-state index contributed by atoms with van der Waals surface area (Å²) in [6, 6.07) is 75.6. The summed E-state index contributed by atoms with van der Waals surface area (Å²) in [5.41, 5.74) is 25.5. The zero-order chi connectivity index (χ0) is 48.8. The molecule has 9 aromatic carbocycles. The van der Waals surface area contributed by atoms with Crippen molar-refractivity contribution in [3.05, 3.63) is 267 Å². The second kappa shape index (κ2) is 20.9. The van der Waals surface area contributed by atoms with Crippen LogP contribution in [0, 0.1) is 20.8 Å². The van der Waals surface area contributed by atoms with Crippen molar-refractivity contribution in [2.45, 2.75) is 52.9 Å². The molecule has 0 N–H and O–H groups in total. The van der Waals surface area contributed by atoms with Crippen molar-refractivity contribution in [2.75, 3.05) is 9.80 Å². The molecule has 0 unspecified atom stereocenters. The summed E-state index contributed by atoms with van der Waals surface area (Å²) in [7, 11) is 0. The topological polar surface area (TPSA) is 6.48 Å². The van der Waals surface area contributed by atoms with Crippen LogP contribution in [0.2, 0.25) is 0 Å². The lowest BCUT2D eigenvalue weighted by molar-refractivity contribution is 0.602. The number of hydrogen-bond acceptors (Lipinski definition) is 2. The van der Waals surface area contributed by atoms with Gasteiger partial charge in [-0.2, -0.15) is 0 Å². The lowest BCUT2D eigenvalue weighted by atomic mass is 9.77. The Kier molecular flexibility index (Phi) is 13.3. The Morgan fingerprint density at radius 1 is 0.292 bits per heavy atom. The smallest absolute Gasteiger partial charge is 0.0548 e. The predicted molar refractivity (Wildman–Crippen MR) is 312 cm³/mol. The molecular weight excluding hydrogens is 869 g/mol. The van der Waals surface area contributed by atoms with Crippen LogP contribution in [0.25, 0.3) is 64.8 Å². The molecule has 1 saturated carbocycles. The molecule has 11 rings (SSSR count). The first kappa shape index (κ1) is 46.0. The third-order valence-electron chi connectivity index (χ3n) is 14.2. The van der Waals surface area contributed by atoms with E-state index >= 15 is 0 Å². The Morgan fingerprint density at radius 2 is 0.569 bits per heavy atom. The number of benzene rings is 9. The zero-order valence-electron chi connectivity index (χ0n) is 41.6. The van der Waals surface area contributed by atoms with Crippen molar-refractivity contribution >= 4 is 76.7 Å². The van der Waals surface area contributed by atoms with Gasteiger partial charge in [0.25, 0.3) is 0 Å². The van der Waals surface area contributed by atoms with E-state index in [2.05, 4.69) is 279 Å². The standard InChI is InChI=1S/C70H60N2/c1-50-13-19-53(20-14-50)21-29-57-35-43-63(44-36-57)71(61-39-15-51(2)16-40-61)67-47-48-68(70-66-12-8-7-11-65(66)69(67)70)72(62-41-17-52(3)18-42-62)64-45-37-58(38-46-64)30-28-55-24-22-54(23-25-55)26-27-56-31-33-60(34-32-56)49-59-9-5-4-6-10-59/h7-8,11-49H,4-6,9-10H2,1-3H3. The first-order chi connectivity index (χ1) is 35.4. The second-order valence-electron chi connectivity index (χ2n) is 19.5. The van der Waals surface area contributed by atoms with E-state index in [4.69, 9.17) is 0 Å². The molecular formula is C70H60N2. The Bertz CT molecular complexity index is 3430. The summed E-state index contributed by atoms with van der Waals surface area (Å²) in [6.07, 6.45) is 22.1. The van der Waals surface area contributed by atoms with E-state index in [9.17, 15) is 0 Å². The summed E-state index contributed by atoms with van der Waals surface area (Å²) < 4.78 is 0. The van der Waals surface area contributed by atoms with Crippen LogP contribution in [0.5, 0.6) is 0 Å². The fraction of sp³-hybridized carbons (Fsp3) is 0.114. The van der Waals surface area contributed by atoms with Gasteiger partial charge in [0.05, 0.1) is 11.4 Å². The fourth-order valence-electron chi connectivity index (χ4n) is 10.1. The van der Waals surface area contributed by atoms with Crippen LogP contribution in [0.4, 0.5) is 34.1 Å². The first-order valence-corrected chi connectivity index (χ1v) is 25.6. The van der Waals surface area contributed by atoms with Gasteiger partial charge in [0.2, 0.25) is 0 Å². The minimum Gasteiger partial charge on any atom is -0.310 e. The highest BCUT2D eigenvalue weighted by Gasteiger charge is 2.33. The number of hydrogen-bond donors (Lipinski definition) is 0. The van der Waals surface area contributed by atoms with Gasteiger partial charge >= 0.3 is 0 Å². The van der Waals surface area contributed by atoms with Crippen LogP contribution in [-0.2, 0) is 0 Å². The van der Waals surface area contributed by atoms with Gasteiger partial charge in [0.1, 0.15) is 0 Å². The van der Waals surface area contributed by atoms with Gasteiger partial charge < -0.3 is 9.80 Å². The van der Waals surface area contributed by atoms with Crippen molar-refractivity contribution in [2.24, 2.45) is 0 Å². The van der Waals surface area contributed by atoms with Crippen molar-refractivity contribution in [1.82, 2.24) is 0 Å². The molecule has 2 aliphatic rings. The molecule has 0 amide bonds. The summed E-state index contributed by atoms with van der Waals surface area (Å²) in [6.45, 7) is 6.43. The third kappa shape index (κ3) is 10.2. The molecule has 0 atom stereocenters. The van der Waals surface area contributed by atoms with Crippen LogP contribution >= 0.6 is 0 Å². The molecule has 72 heavy (non-hydrogen) atoms. The van der Waals surface area contributed by atoms with E-state index in [-0.39, 0.29) is 0 Å². The molecule has 350 valence electrons. The number of aryl methyl sites for hydroxylation is 3. The number of allylic oxidation sites excluding steroid dienone is 1. The Labute approximate surface area is 426 Å². The Balaban J connectivity index is 0.875. The maximum Gasteiger partial charge on any atom is 0.0548 e. The number of nitrogens with zero attached hydrogens (tertiary/aromatic N) is 2. The lowest BCUT2D eigenvalue weighted by Crippen LogP contribution is -2.18. The maximum absolute atomic E-state index is 2.42. The highest BCUT2D eigenvalue weighted by atomic mass is 15.2. The molecule has 0 aliphatic heterocycles. The summed E-state index contributed by atoms with van der Waals surface area (Å²) in [5.74, 6) is 0. The van der Waals surface area contributed by atoms with Gasteiger partial charge in [-0.05, 0) is 157 Å². The van der Waals surface area contributed by atoms with Gasteiger partial charge in [0, 0.05) is 33.9 Å². The summed E-state index contributed by atoms with van der Waals surface area (Å²) >= 11 is 0. The Hall–Kier alpha value is -8.46. The van der Waals surface area contributed by atoms with Crippen LogP contribution < -0.4 is 9.80 Å². The van der Waals surface area contributed by atoms with Crippen molar-refractivity contribution in [1.29, 1.82) is 0 Å². The average Bonchev–Trinajstić information content (AvgIpc) is 3.42. The summed E-state index contributed by atoms with van der Waals surface area (Å²) in [5, 5.41) is 0. The molecule has 0 aromatic heterocycles. The van der Waals surface area contributed by atoms with Crippen molar-refractivity contribution in [3.63, 3.8) is 0 Å². The molecule has 0 heterocycles. The number of rotatable bonds is 13. The van der Waals surface area contributed by atoms with E-state index in [1.54, 1.807) is 5.57 Å². The monoisotopic (exact) mass is 928 g/mol. The van der Waals surface area contributed by atoms with Gasteiger partial charge in [-0.15, -0.1) is 0 Å². The van der Waals surface area contributed by atoms with Gasteiger partial charge in [-0.1, -0.05) is 217 Å². The lowest BCUT2D eigenvalue weighted by Gasteiger charge is -2.38. The largest absolute Gasteiger partial charge is 0.310 e. The zero-order valence-corrected chi connectivity index (χ0v) is 41.6. The molecule has 2 heteroatoms. The first-order valence-electron chi connectivity index (χ1n) is 25.6. The van der Waals surface area contributed by atoms with E-state index in [0.29, 0.717) is 0 Å². The number of fused-ring (bicyclic) bond motifs is 4. The van der Waals surface area contributed by atoms with E-state index in [0.717, 1.165) is 45.3 Å². The second-order valence-corrected chi connectivity index (χ2v) is 19.5. The molecule has 0 saturated heterocycles. The molecule has 2 aliphatic carbocycles. The SMILES string of the molecule is Cc1ccc(C=Cc2ccc(N(c3ccc(C)cc3)c3ccc(N(c4ccc(C)cc4)c4ccc(C=Cc5ccc(C=Cc6ccc(C=C7CCCCC7)cc6)cc5)cc4)c4c3-c3ccccc3-4)cc2)cc1. The molecule has 9 aromatic rings. The molecule has 0 radical (unpaired) electrons. The third-order valence-corrected chi connectivity index (χ3v) is 14.2. The summed E-state index contributed by atoms with van der Waals surface area (Å²) in [4.78, 5) is 4.84. The van der Waals surface area contributed by atoms with Gasteiger partial charge in [-0.3, -0.25) is 0 Å². The van der Waals surface area contributed by atoms with Crippen LogP contribution in [-0.4, -0.2) is 0 Å². The van der Waals surface area contributed by atoms with E-state index < -0.39 is 0 Å². The minimum atomic E-state index is 1.10. The maximum atomic E-state index is 2.42. The highest BCUT2D eigenvalue weighted by molar-refractivity contribution is 6.15. The van der Waals surface area contributed by atoms with E-state index in [1.807, 2.05) is 0 Å². The predicted octanol–water partition coefficient (Wildman–Crippen LogP) is 20.1. The van der Waals surface area contributed by atoms with Crippen LogP contribution in [0.3, 0.4) is 0 Å². The molecule has 1 fully saturated rings. The van der Waals surface area contributed by atoms with Crippen LogP contribution in [0.15, 0.2) is 212 Å². The van der Waals surface area contributed by atoms with Crippen molar-refractivity contribution < 1.29 is 0 Å². The fourth-order valence-corrected chi connectivity index (χ4v) is 10.1. The highest BCUT2D eigenvalue weighted by Crippen LogP contribution is 2.59. The van der Waals surface area contributed by atoms with Crippen molar-refractivity contribution in [3.8, 4) is 22.3 Å². The van der Waals surface area contributed by atoms with Gasteiger partial charge in [-0.25, -0.2) is 0 Å².